The lowest BCUT2D eigenvalue weighted by atomic mass is 10.2. The number of benzene rings is 1. The third-order valence-electron chi connectivity index (χ3n) is 3.35. The Morgan fingerprint density at radius 3 is 3.00 bits per heavy atom. The van der Waals surface area contributed by atoms with Gasteiger partial charge in [-0.25, -0.2) is 0 Å². The number of aryl methyl sites for hydroxylation is 1. The van der Waals surface area contributed by atoms with Crippen LogP contribution < -0.4 is 10.1 Å². The van der Waals surface area contributed by atoms with Crippen molar-refractivity contribution in [1.29, 1.82) is 0 Å². The summed E-state index contributed by atoms with van der Waals surface area (Å²) in [4.78, 5) is 4.23. The minimum atomic E-state index is 0.293. The molecule has 1 aromatic carbocycles. The Morgan fingerprint density at radius 1 is 1.43 bits per heavy atom. The fraction of sp³-hybridized carbons (Fsp3) is 0.467. The number of aromatic nitrogens is 2. The maximum absolute atomic E-state index is 6.06. The number of nitrogens with one attached hydrogen (secondary N) is 1. The Hall–Kier alpha value is -1.59. The van der Waals surface area contributed by atoms with Crippen LogP contribution in [0.15, 0.2) is 22.7 Å². The van der Waals surface area contributed by atoms with Crippen molar-refractivity contribution in [2.45, 2.75) is 45.4 Å². The van der Waals surface area contributed by atoms with E-state index in [1.807, 2.05) is 25.1 Å². The average molecular weight is 308 g/mol. The van der Waals surface area contributed by atoms with Crippen molar-refractivity contribution >= 4 is 11.6 Å². The van der Waals surface area contributed by atoms with Gasteiger partial charge in [-0.15, -0.1) is 0 Å². The number of rotatable bonds is 7. The van der Waals surface area contributed by atoms with Crippen molar-refractivity contribution in [2.75, 3.05) is 0 Å². The summed E-state index contributed by atoms with van der Waals surface area (Å²) in [5, 5.41) is 8.06. The topological polar surface area (TPSA) is 60.2 Å². The van der Waals surface area contributed by atoms with E-state index in [1.54, 1.807) is 0 Å². The van der Waals surface area contributed by atoms with Gasteiger partial charge in [0, 0.05) is 29.6 Å². The van der Waals surface area contributed by atoms with Crippen LogP contribution in [0.4, 0.5) is 0 Å². The maximum atomic E-state index is 6.06. The highest BCUT2D eigenvalue weighted by Crippen LogP contribution is 2.25. The molecule has 0 radical (unpaired) electrons. The van der Waals surface area contributed by atoms with Crippen LogP contribution >= 0.6 is 11.6 Å². The number of hydrogen-bond acceptors (Lipinski definition) is 5. The van der Waals surface area contributed by atoms with Gasteiger partial charge >= 0.3 is 0 Å². The fourth-order valence-electron chi connectivity index (χ4n) is 2.00. The van der Waals surface area contributed by atoms with Crippen molar-refractivity contribution in [2.24, 2.45) is 0 Å². The lowest BCUT2D eigenvalue weighted by molar-refractivity contribution is 0.282. The summed E-state index contributed by atoms with van der Waals surface area (Å²) in [6.07, 6.45) is 3.23. The van der Waals surface area contributed by atoms with E-state index >= 15 is 0 Å². The van der Waals surface area contributed by atoms with Crippen LogP contribution in [-0.2, 0) is 19.6 Å². The lowest BCUT2D eigenvalue weighted by Gasteiger charge is -2.11. The summed E-state index contributed by atoms with van der Waals surface area (Å²) in [6, 6.07) is 6.28. The minimum absolute atomic E-state index is 0.293. The average Bonchev–Trinajstić information content (AvgIpc) is 3.21. The molecule has 0 bridgehead atoms. The molecule has 112 valence electrons. The molecular formula is C15H18ClN3O2. The zero-order chi connectivity index (χ0) is 14.7. The summed E-state index contributed by atoms with van der Waals surface area (Å²) in [5.41, 5.74) is 1.05. The zero-order valence-corrected chi connectivity index (χ0v) is 12.7. The Bertz CT molecular complexity index is 611. The van der Waals surface area contributed by atoms with Crippen molar-refractivity contribution in [3.05, 3.63) is 40.5 Å². The Kier molecular flexibility index (Phi) is 4.41. The maximum Gasteiger partial charge on any atom is 0.226 e. The van der Waals surface area contributed by atoms with E-state index in [-0.39, 0.29) is 0 Å². The highest BCUT2D eigenvalue weighted by molar-refractivity contribution is 6.30. The van der Waals surface area contributed by atoms with Crippen molar-refractivity contribution < 1.29 is 9.26 Å². The largest absolute Gasteiger partial charge is 0.485 e. The first kappa shape index (κ1) is 14.4. The molecule has 5 nitrogen and oxygen atoms in total. The lowest BCUT2D eigenvalue weighted by Crippen LogP contribution is -2.16. The second kappa shape index (κ2) is 6.45. The number of ether oxygens (including phenoxy) is 1. The molecule has 0 atom stereocenters. The van der Waals surface area contributed by atoms with Gasteiger partial charge in [0.15, 0.2) is 6.61 Å². The van der Waals surface area contributed by atoms with Crippen LogP contribution in [0.2, 0.25) is 5.02 Å². The molecule has 0 saturated heterocycles. The van der Waals surface area contributed by atoms with Crippen LogP contribution in [0, 0.1) is 0 Å². The zero-order valence-electron chi connectivity index (χ0n) is 11.9. The summed E-state index contributed by atoms with van der Waals surface area (Å²) < 4.78 is 10.9. The normalized spacial score (nSPS) is 14.4. The molecule has 0 amide bonds. The van der Waals surface area contributed by atoms with Gasteiger partial charge in [-0.05, 0) is 31.0 Å². The van der Waals surface area contributed by atoms with Crippen molar-refractivity contribution in [3.63, 3.8) is 0 Å². The first-order valence-electron chi connectivity index (χ1n) is 7.20. The second-order valence-corrected chi connectivity index (χ2v) is 5.59. The molecule has 0 aliphatic heterocycles. The van der Waals surface area contributed by atoms with E-state index in [2.05, 4.69) is 15.5 Å². The van der Waals surface area contributed by atoms with Gasteiger partial charge in [-0.3, -0.25) is 0 Å². The molecule has 1 saturated carbocycles. The highest BCUT2D eigenvalue weighted by Gasteiger charge is 2.20. The standard InChI is InChI=1S/C15H18ClN3O2/c1-2-15-18-14(19-21-15)9-20-13-6-3-11(16)7-10(13)8-17-12-4-5-12/h3,6-7,12,17H,2,4-5,8-9H2,1H3. The quantitative estimate of drug-likeness (QED) is 0.851. The van der Waals surface area contributed by atoms with Crippen LogP contribution in [0.5, 0.6) is 5.75 Å². The van der Waals surface area contributed by atoms with Crippen LogP contribution in [0.3, 0.4) is 0 Å². The third-order valence-corrected chi connectivity index (χ3v) is 3.59. The van der Waals surface area contributed by atoms with Crippen molar-refractivity contribution in [1.82, 2.24) is 15.5 Å². The first-order chi connectivity index (χ1) is 10.2. The molecule has 6 heteroatoms. The molecule has 0 unspecified atom stereocenters. The summed E-state index contributed by atoms with van der Waals surface area (Å²) in [7, 11) is 0. The van der Waals surface area contributed by atoms with E-state index in [1.165, 1.54) is 12.8 Å². The van der Waals surface area contributed by atoms with Gasteiger partial charge in [-0.2, -0.15) is 4.98 Å². The Labute approximate surface area is 128 Å². The van der Waals surface area contributed by atoms with E-state index in [0.717, 1.165) is 24.3 Å². The van der Waals surface area contributed by atoms with Gasteiger partial charge in [-0.1, -0.05) is 23.7 Å². The molecule has 0 spiro atoms. The molecule has 1 aliphatic carbocycles. The molecule has 1 fully saturated rings. The molecule has 1 aliphatic rings. The SMILES string of the molecule is CCc1nc(COc2ccc(Cl)cc2CNC2CC2)no1. The van der Waals surface area contributed by atoms with E-state index < -0.39 is 0 Å². The summed E-state index contributed by atoms with van der Waals surface area (Å²) in [5.74, 6) is 1.98. The molecule has 3 rings (SSSR count). The number of halogens is 1. The van der Waals surface area contributed by atoms with Gasteiger partial charge in [0.1, 0.15) is 5.75 Å². The number of nitrogens with zero attached hydrogens (tertiary/aromatic N) is 2. The van der Waals surface area contributed by atoms with Gasteiger partial charge < -0.3 is 14.6 Å². The van der Waals surface area contributed by atoms with Gasteiger partial charge in [0.05, 0.1) is 0 Å². The van der Waals surface area contributed by atoms with Crippen LogP contribution in [0.1, 0.15) is 37.0 Å². The molecule has 1 heterocycles. The smallest absolute Gasteiger partial charge is 0.226 e. The Balaban J connectivity index is 1.65. The first-order valence-corrected chi connectivity index (χ1v) is 7.58. The highest BCUT2D eigenvalue weighted by atomic mass is 35.5. The second-order valence-electron chi connectivity index (χ2n) is 5.15. The van der Waals surface area contributed by atoms with Crippen LogP contribution in [-0.4, -0.2) is 16.2 Å². The van der Waals surface area contributed by atoms with Crippen molar-refractivity contribution in [3.8, 4) is 5.75 Å². The van der Waals surface area contributed by atoms with E-state index in [9.17, 15) is 0 Å². The van der Waals surface area contributed by atoms with Crippen LogP contribution in [0.25, 0.3) is 0 Å². The predicted octanol–water partition coefficient (Wildman–Crippen LogP) is 3.12. The fourth-order valence-corrected chi connectivity index (χ4v) is 2.20. The molecular weight excluding hydrogens is 290 g/mol. The third kappa shape index (κ3) is 3.95. The minimum Gasteiger partial charge on any atom is -0.485 e. The Morgan fingerprint density at radius 2 is 2.29 bits per heavy atom. The number of hydrogen-bond donors (Lipinski definition) is 1. The van der Waals surface area contributed by atoms with Gasteiger partial charge in [0.25, 0.3) is 0 Å². The predicted molar refractivity (Wildman–Crippen MR) is 79.3 cm³/mol. The van der Waals surface area contributed by atoms with E-state index in [4.69, 9.17) is 20.9 Å². The summed E-state index contributed by atoms with van der Waals surface area (Å²) >= 11 is 6.06. The molecule has 2 aromatic rings. The monoisotopic (exact) mass is 307 g/mol. The molecule has 21 heavy (non-hydrogen) atoms. The molecule has 1 N–H and O–H groups in total. The van der Waals surface area contributed by atoms with Gasteiger partial charge in [0.2, 0.25) is 11.7 Å². The summed E-state index contributed by atoms with van der Waals surface area (Å²) in [6.45, 7) is 3.02. The van der Waals surface area contributed by atoms with E-state index in [0.29, 0.717) is 29.4 Å². The molecule has 1 aromatic heterocycles.